The van der Waals surface area contributed by atoms with Crippen LogP contribution in [-0.2, 0) is 9.53 Å². The molecule has 0 bridgehead atoms. The molecule has 5 aliphatic rings. The molecule has 0 aromatic rings. The molecule has 5 fully saturated rings. The Morgan fingerprint density at radius 1 is 0.972 bits per heavy atom. The average Bonchev–Trinajstić information content (AvgIpc) is 3.25. The molecule has 1 N–H and O–H groups in total. The van der Waals surface area contributed by atoms with Crippen LogP contribution in [0.2, 0.25) is 0 Å². The number of rotatable bonds is 8. The summed E-state index contributed by atoms with van der Waals surface area (Å²) in [6.07, 6.45) is 18.7. The predicted octanol–water partition coefficient (Wildman–Crippen LogP) is 6.68. The first-order valence-electron chi connectivity index (χ1n) is 15.9. The standard InChI is InChI=1S/C32H56N2O2/c1-23(8-13-30(35)36-4)27-11-12-28-26-10-9-24-22-25(33-18-21-34-19-6-5-7-20-34)14-16-31(24,2)29(26)15-17-32(27,28)3/h23-29,33H,5-22H2,1-4H3/t23-,24+,25+,26?,27-,28?,29?,31+,32-/m1/s1. The summed E-state index contributed by atoms with van der Waals surface area (Å²) in [7, 11) is 1.53. The lowest BCUT2D eigenvalue weighted by Gasteiger charge is -2.61. The number of ether oxygens (including phenoxy) is 1. The van der Waals surface area contributed by atoms with Gasteiger partial charge in [-0.25, -0.2) is 0 Å². The molecule has 1 saturated heterocycles. The van der Waals surface area contributed by atoms with Crippen LogP contribution in [0, 0.1) is 46.3 Å². The second kappa shape index (κ2) is 11.2. The van der Waals surface area contributed by atoms with Crippen molar-refractivity contribution in [2.75, 3.05) is 33.3 Å². The maximum atomic E-state index is 11.8. The quantitative estimate of drug-likeness (QED) is 0.378. The van der Waals surface area contributed by atoms with E-state index in [-0.39, 0.29) is 5.97 Å². The molecule has 1 heterocycles. The predicted molar refractivity (Wildman–Crippen MR) is 148 cm³/mol. The van der Waals surface area contributed by atoms with Gasteiger partial charge in [-0.1, -0.05) is 27.2 Å². The van der Waals surface area contributed by atoms with Gasteiger partial charge in [-0.2, -0.15) is 0 Å². The zero-order chi connectivity index (χ0) is 25.3. The van der Waals surface area contributed by atoms with Crippen LogP contribution in [0.4, 0.5) is 0 Å². The van der Waals surface area contributed by atoms with Gasteiger partial charge in [0.2, 0.25) is 0 Å². The summed E-state index contributed by atoms with van der Waals surface area (Å²) in [5.74, 6) is 5.14. The third-order valence-corrected chi connectivity index (χ3v) is 12.8. The minimum absolute atomic E-state index is 0.0342. The number of fused-ring (bicyclic) bond motifs is 5. The summed E-state index contributed by atoms with van der Waals surface area (Å²) in [5.41, 5.74) is 1.07. The number of carbonyl (C=O) groups is 1. The van der Waals surface area contributed by atoms with Gasteiger partial charge in [-0.3, -0.25) is 4.79 Å². The van der Waals surface area contributed by atoms with Gasteiger partial charge in [0.15, 0.2) is 0 Å². The average molecular weight is 501 g/mol. The van der Waals surface area contributed by atoms with E-state index in [0.717, 1.165) is 42.1 Å². The topological polar surface area (TPSA) is 41.6 Å². The van der Waals surface area contributed by atoms with Gasteiger partial charge in [0.1, 0.15) is 0 Å². The van der Waals surface area contributed by atoms with Gasteiger partial charge >= 0.3 is 5.97 Å². The summed E-state index contributed by atoms with van der Waals surface area (Å²) >= 11 is 0. The van der Waals surface area contributed by atoms with E-state index in [0.29, 0.717) is 23.2 Å². The summed E-state index contributed by atoms with van der Waals surface area (Å²) in [6, 6.07) is 0.754. The summed E-state index contributed by atoms with van der Waals surface area (Å²) in [5, 5.41) is 4.00. The summed E-state index contributed by atoms with van der Waals surface area (Å²) < 4.78 is 4.94. The van der Waals surface area contributed by atoms with Crippen LogP contribution in [0.3, 0.4) is 0 Å². The van der Waals surface area contributed by atoms with Gasteiger partial charge in [0.05, 0.1) is 7.11 Å². The smallest absolute Gasteiger partial charge is 0.305 e. The number of nitrogens with one attached hydrogen (secondary N) is 1. The highest BCUT2D eigenvalue weighted by molar-refractivity contribution is 5.69. The molecule has 0 amide bonds. The molecule has 36 heavy (non-hydrogen) atoms. The van der Waals surface area contributed by atoms with Crippen molar-refractivity contribution in [3.05, 3.63) is 0 Å². The van der Waals surface area contributed by atoms with Crippen LogP contribution >= 0.6 is 0 Å². The van der Waals surface area contributed by atoms with E-state index in [9.17, 15) is 4.79 Å². The monoisotopic (exact) mass is 500 g/mol. The number of carbonyl (C=O) groups excluding carboxylic acids is 1. The maximum absolute atomic E-state index is 11.8. The van der Waals surface area contributed by atoms with E-state index in [1.807, 2.05) is 0 Å². The number of piperidine rings is 1. The fourth-order valence-corrected chi connectivity index (χ4v) is 10.7. The first-order chi connectivity index (χ1) is 17.3. The molecule has 1 aliphatic heterocycles. The van der Waals surface area contributed by atoms with E-state index < -0.39 is 0 Å². The van der Waals surface area contributed by atoms with Crippen LogP contribution in [-0.4, -0.2) is 50.2 Å². The first kappa shape index (κ1) is 27.0. The van der Waals surface area contributed by atoms with E-state index in [1.165, 1.54) is 110 Å². The number of likely N-dealkylation sites (tertiary alicyclic amines) is 1. The molecule has 4 heteroatoms. The van der Waals surface area contributed by atoms with Crippen molar-refractivity contribution in [3.63, 3.8) is 0 Å². The van der Waals surface area contributed by atoms with Gasteiger partial charge in [-0.05, 0) is 136 Å². The third-order valence-electron chi connectivity index (χ3n) is 12.8. The minimum atomic E-state index is -0.0342. The van der Waals surface area contributed by atoms with E-state index in [1.54, 1.807) is 0 Å². The SMILES string of the molecule is COC(=O)CC[C@@H](C)[C@H]1CCC2C3CC[C@H]4C[C@@H](NCCN5CCCCC5)CC[C@]4(C)C3CC[C@@]21C. The Labute approximate surface area is 222 Å². The molecular formula is C32H56N2O2. The van der Waals surface area contributed by atoms with Crippen molar-refractivity contribution >= 4 is 5.97 Å². The van der Waals surface area contributed by atoms with Gasteiger partial charge in [0, 0.05) is 25.6 Å². The Balaban J connectivity index is 1.16. The Bertz CT molecular complexity index is 750. The second-order valence-electron chi connectivity index (χ2n) is 14.3. The molecule has 9 atom stereocenters. The normalized spacial score (nSPS) is 43.8. The van der Waals surface area contributed by atoms with Crippen molar-refractivity contribution in [2.24, 2.45) is 46.3 Å². The number of esters is 1. The Hall–Kier alpha value is -0.610. The molecular weight excluding hydrogens is 444 g/mol. The third kappa shape index (κ3) is 5.16. The molecule has 0 radical (unpaired) electrons. The van der Waals surface area contributed by atoms with E-state index in [4.69, 9.17) is 4.74 Å². The fraction of sp³-hybridized carbons (Fsp3) is 0.969. The highest BCUT2D eigenvalue weighted by Gasteiger charge is 2.60. The van der Waals surface area contributed by atoms with Crippen molar-refractivity contribution in [1.82, 2.24) is 10.2 Å². The molecule has 3 unspecified atom stereocenters. The number of methoxy groups -OCH3 is 1. The lowest BCUT2D eigenvalue weighted by atomic mass is 9.44. The van der Waals surface area contributed by atoms with Crippen molar-refractivity contribution < 1.29 is 9.53 Å². The number of nitrogens with zero attached hydrogens (tertiary/aromatic N) is 1. The molecule has 4 nitrogen and oxygen atoms in total. The van der Waals surface area contributed by atoms with Gasteiger partial charge < -0.3 is 15.0 Å². The highest BCUT2D eigenvalue weighted by Crippen LogP contribution is 2.68. The molecule has 0 aromatic carbocycles. The van der Waals surface area contributed by atoms with Crippen LogP contribution in [0.15, 0.2) is 0 Å². The number of hydrogen-bond acceptors (Lipinski definition) is 4. The Kier molecular flexibility index (Phi) is 8.43. The second-order valence-corrected chi connectivity index (χ2v) is 14.3. The molecule has 206 valence electrons. The van der Waals surface area contributed by atoms with E-state index >= 15 is 0 Å². The first-order valence-corrected chi connectivity index (χ1v) is 15.9. The Morgan fingerprint density at radius 2 is 1.72 bits per heavy atom. The van der Waals surface area contributed by atoms with Crippen LogP contribution < -0.4 is 5.32 Å². The fourth-order valence-electron chi connectivity index (χ4n) is 10.7. The molecule has 4 aliphatic carbocycles. The number of hydrogen-bond donors (Lipinski definition) is 1. The largest absolute Gasteiger partial charge is 0.469 e. The van der Waals surface area contributed by atoms with Gasteiger partial charge in [0.25, 0.3) is 0 Å². The molecule has 5 rings (SSSR count). The lowest BCUT2D eigenvalue weighted by molar-refractivity contribution is -0.141. The summed E-state index contributed by atoms with van der Waals surface area (Å²) in [6.45, 7) is 12.9. The molecule has 0 aromatic heterocycles. The van der Waals surface area contributed by atoms with Gasteiger partial charge in [-0.15, -0.1) is 0 Å². The van der Waals surface area contributed by atoms with E-state index in [2.05, 4.69) is 31.0 Å². The van der Waals surface area contributed by atoms with Crippen LogP contribution in [0.5, 0.6) is 0 Å². The molecule has 4 saturated carbocycles. The molecule has 0 spiro atoms. The van der Waals surface area contributed by atoms with Crippen LogP contribution in [0.1, 0.15) is 111 Å². The minimum Gasteiger partial charge on any atom is -0.469 e. The maximum Gasteiger partial charge on any atom is 0.305 e. The Morgan fingerprint density at radius 3 is 2.50 bits per heavy atom. The van der Waals surface area contributed by atoms with Crippen molar-refractivity contribution in [2.45, 2.75) is 117 Å². The van der Waals surface area contributed by atoms with Crippen LogP contribution in [0.25, 0.3) is 0 Å². The van der Waals surface area contributed by atoms with Crippen molar-refractivity contribution in [1.29, 1.82) is 0 Å². The van der Waals surface area contributed by atoms with Crippen molar-refractivity contribution in [3.8, 4) is 0 Å². The highest BCUT2D eigenvalue weighted by atomic mass is 16.5. The summed E-state index contributed by atoms with van der Waals surface area (Å²) in [4.78, 5) is 14.5. The zero-order valence-corrected chi connectivity index (χ0v) is 24.0. The zero-order valence-electron chi connectivity index (χ0n) is 24.0. The lowest BCUT2D eigenvalue weighted by Crippen LogP contribution is -2.55.